The van der Waals surface area contributed by atoms with Gasteiger partial charge in [0.1, 0.15) is 0 Å². The van der Waals surface area contributed by atoms with E-state index in [-0.39, 0.29) is 0 Å². The molecule has 1 aliphatic rings. The topological polar surface area (TPSA) is 23.6 Å². The van der Waals surface area contributed by atoms with Crippen molar-refractivity contribution in [3.8, 4) is 0 Å². The van der Waals surface area contributed by atoms with E-state index in [1.54, 1.807) is 4.90 Å². The number of carbonyl (C=O) groups excluding carboxylic acids is 1. The molecule has 0 aliphatic carbocycles. The molecule has 2 rings (SSSR count). The Kier molecular flexibility index (Phi) is 2.73. The number of benzene rings is 1. The Morgan fingerprint density at radius 1 is 1.33 bits per heavy atom. The van der Waals surface area contributed by atoms with Crippen LogP contribution in [0.3, 0.4) is 0 Å². The first-order valence-electron chi connectivity index (χ1n) is 5.14. The summed E-state index contributed by atoms with van der Waals surface area (Å²) in [5.74, 6) is 0. The van der Waals surface area contributed by atoms with Gasteiger partial charge in [0.2, 0.25) is 6.41 Å². The van der Waals surface area contributed by atoms with Gasteiger partial charge >= 0.3 is 0 Å². The molecule has 3 heteroatoms. The molecule has 80 valence electrons. The fraction of sp³-hybridized carbons (Fsp3) is 0.417. The van der Waals surface area contributed by atoms with Gasteiger partial charge in [-0.1, -0.05) is 18.2 Å². The summed E-state index contributed by atoms with van der Waals surface area (Å²) < 4.78 is 0. The first-order valence-corrected chi connectivity index (χ1v) is 5.14. The summed E-state index contributed by atoms with van der Waals surface area (Å²) in [6.07, 6.45) is 0.922. The van der Waals surface area contributed by atoms with Crippen LogP contribution in [0.5, 0.6) is 0 Å². The molecule has 1 aromatic rings. The van der Waals surface area contributed by atoms with Gasteiger partial charge in [-0.15, -0.1) is 0 Å². The van der Waals surface area contributed by atoms with Crippen LogP contribution in [0.4, 0.5) is 0 Å². The average molecular weight is 204 g/mol. The van der Waals surface area contributed by atoms with Crippen LogP contribution in [0.15, 0.2) is 18.2 Å². The molecule has 1 aromatic carbocycles. The van der Waals surface area contributed by atoms with Crippen molar-refractivity contribution in [1.82, 2.24) is 9.80 Å². The molecule has 0 spiro atoms. The van der Waals surface area contributed by atoms with Crippen molar-refractivity contribution in [3.63, 3.8) is 0 Å². The van der Waals surface area contributed by atoms with E-state index >= 15 is 0 Å². The zero-order chi connectivity index (χ0) is 10.8. The van der Waals surface area contributed by atoms with Crippen LogP contribution in [0.1, 0.15) is 16.7 Å². The van der Waals surface area contributed by atoms with Crippen molar-refractivity contribution in [2.75, 3.05) is 14.1 Å². The van der Waals surface area contributed by atoms with Gasteiger partial charge in [-0.3, -0.25) is 4.79 Å². The maximum Gasteiger partial charge on any atom is 0.210 e. The zero-order valence-corrected chi connectivity index (χ0v) is 9.23. The number of carbonyl (C=O) groups is 1. The van der Waals surface area contributed by atoms with Crippen molar-refractivity contribution in [2.24, 2.45) is 0 Å². The zero-order valence-electron chi connectivity index (χ0n) is 9.23. The Morgan fingerprint density at radius 2 is 2.07 bits per heavy atom. The van der Waals surface area contributed by atoms with Gasteiger partial charge in [0.15, 0.2) is 0 Å². The van der Waals surface area contributed by atoms with Gasteiger partial charge in [-0.05, 0) is 30.8 Å². The van der Waals surface area contributed by atoms with Gasteiger partial charge in [0.05, 0.1) is 0 Å². The number of hydrogen-bond acceptors (Lipinski definition) is 2. The lowest BCUT2D eigenvalue weighted by atomic mass is 10.1. The molecule has 0 unspecified atom stereocenters. The predicted molar refractivity (Wildman–Crippen MR) is 59.1 cm³/mol. The average Bonchev–Trinajstić information content (AvgIpc) is 2.58. The predicted octanol–water partition coefficient (Wildman–Crippen LogP) is 1.22. The van der Waals surface area contributed by atoms with Gasteiger partial charge in [-0.2, -0.15) is 0 Å². The summed E-state index contributed by atoms with van der Waals surface area (Å²) in [7, 11) is 4.12. The summed E-state index contributed by atoms with van der Waals surface area (Å²) in [4.78, 5) is 14.6. The smallest absolute Gasteiger partial charge is 0.210 e. The highest BCUT2D eigenvalue weighted by Gasteiger charge is 2.17. The lowest BCUT2D eigenvalue weighted by Crippen LogP contribution is -2.12. The minimum Gasteiger partial charge on any atom is -0.337 e. The largest absolute Gasteiger partial charge is 0.337 e. The first-order chi connectivity index (χ1) is 7.19. The maximum atomic E-state index is 10.7. The fourth-order valence-electron chi connectivity index (χ4n) is 2.01. The molecule has 0 bridgehead atoms. The molecule has 0 N–H and O–H groups in total. The second-order valence-corrected chi connectivity index (χ2v) is 4.35. The van der Waals surface area contributed by atoms with E-state index in [0.29, 0.717) is 0 Å². The Bertz CT molecular complexity index is 374. The Labute approximate surface area is 90.3 Å². The van der Waals surface area contributed by atoms with Crippen molar-refractivity contribution in [3.05, 3.63) is 34.9 Å². The highest BCUT2D eigenvalue weighted by atomic mass is 16.1. The molecule has 0 aromatic heterocycles. The summed E-state index contributed by atoms with van der Waals surface area (Å²) in [6.45, 7) is 2.48. The lowest BCUT2D eigenvalue weighted by Gasteiger charge is -2.10. The number of nitrogens with zero attached hydrogens (tertiary/aromatic N) is 2. The van der Waals surface area contributed by atoms with Crippen LogP contribution < -0.4 is 0 Å². The molecule has 15 heavy (non-hydrogen) atoms. The van der Waals surface area contributed by atoms with E-state index in [0.717, 1.165) is 26.0 Å². The van der Waals surface area contributed by atoms with E-state index in [2.05, 4.69) is 37.2 Å². The molecule has 0 saturated heterocycles. The van der Waals surface area contributed by atoms with Crippen LogP contribution in [-0.2, 0) is 24.4 Å². The summed E-state index contributed by atoms with van der Waals surface area (Å²) in [5, 5.41) is 0. The quantitative estimate of drug-likeness (QED) is 0.691. The van der Waals surface area contributed by atoms with E-state index in [4.69, 9.17) is 0 Å². The van der Waals surface area contributed by atoms with Gasteiger partial charge < -0.3 is 9.80 Å². The van der Waals surface area contributed by atoms with Gasteiger partial charge in [0.25, 0.3) is 0 Å². The number of hydrogen-bond donors (Lipinski definition) is 0. The first kappa shape index (κ1) is 10.2. The summed E-state index contributed by atoms with van der Waals surface area (Å²) in [6, 6.07) is 6.49. The van der Waals surface area contributed by atoms with E-state index < -0.39 is 0 Å². The lowest BCUT2D eigenvalue weighted by molar-refractivity contribution is -0.118. The minimum absolute atomic E-state index is 0.764. The third kappa shape index (κ3) is 2.18. The molecular formula is C12H16N2O. The summed E-state index contributed by atoms with van der Waals surface area (Å²) >= 11 is 0. The Morgan fingerprint density at radius 3 is 2.73 bits per heavy atom. The normalized spacial score (nSPS) is 14.5. The monoisotopic (exact) mass is 204 g/mol. The minimum atomic E-state index is 0.764. The second-order valence-electron chi connectivity index (χ2n) is 4.35. The SMILES string of the molecule is CN(C)Cc1ccc2c(c1)CN(C=O)C2. The Balaban J connectivity index is 2.18. The van der Waals surface area contributed by atoms with Crippen molar-refractivity contribution >= 4 is 6.41 Å². The van der Waals surface area contributed by atoms with Crippen molar-refractivity contribution < 1.29 is 4.79 Å². The van der Waals surface area contributed by atoms with Crippen LogP contribution in [-0.4, -0.2) is 30.3 Å². The fourth-order valence-corrected chi connectivity index (χ4v) is 2.01. The van der Waals surface area contributed by atoms with Crippen molar-refractivity contribution in [1.29, 1.82) is 0 Å². The molecular weight excluding hydrogens is 188 g/mol. The summed E-state index contributed by atoms with van der Waals surface area (Å²) in [5.41, 5.74) is 3.89. The van der Waals surface area contributed by atoms with Crippen LogP contribution in [0.25, 0.3) is 0 Å². The van der Waals surface area contributed by atoms with Crippen LogP contribution in [0, 0.1) is 0 Å². The molecule has 0 saturated carbocycles. The number of amides is 1. The molecule has 0 radical (unpaired) electrons. The van der Waals surface area contributed by atoms with Crippen LogP contribution in [0.2, 0.25) is 0 Å². The number of fused-ring (bicyclic) bond motifs is 1. The highest BCUT2D eigenvalue weighted by Crippen LogP contribution is 2.22. The standard InChI is InChI=1S/C12H16N2O/c1-13(2)6-10-3-4-11-7-14(9-15)8-12(11)5-10/h3-5,9H,6-8H2,1-2H3. The molecule has 3 nitrogen and oxygen atoms in total. The second kappa shape index (κ2) is 4.03. The third-order valence-electron chi connectivity index (χ3n) is 2.67. The molecule has 1 amide bonds. The molecule has 0 fully saturated rings. The van der Waals surface area contributed by atoms with E-state index in [9.17, 15) is 4.79 Å². The van der Waals surface area contributed by atoms with Gasteiger partial charge in [0, 0.05) is 19.6 Å². The van der Waals surface area contributed by atoms with Crippen molar-refractivity contribution in [2.45, 2.75) is 19.6 Å². The highest BCUT2D eigenvalue weighted by molar-refractivity contribution is 5.51. The van der Waals surface area contributed by atoms with Crippen LogP contribution >= 0.6 is 0 Å². The molecule has 1 aliphatic heterocycles. The van der Waals surface area contributed by atoms with Gasteiger partial charge in [-0.25, -0.2) is 0 Å². The molecule has 0 atom stereocenters. The van der Waals surface area contributed by atoms with E-state index in [1.807, 2.05) is 0 Å². The third-order valence-corrected chi connectivity index (χ3v) is 2.67. The van der Waals surface area contributed by atoms with E-state index in [1.165, 1.54) is 16.7 Å². The maximum absolute atomic E-state index is 10.7. The molecule has 1 heterocycles. The number of rotatable bonds is 3. The Hall–Kier alpha value is -1.35.